The molecule has 2 aliphatic heterocycles. The average Bonchev–Trinajstić information content (AvgIpc) is 3.21. The first kappa shape index (κ1) is 21.1. The molecule has 31 heavy (non-hydrogen) atoms. The fourth-order valence-electron chi connectivity index (χ4n) is 4.95. The Morgan fingerprint density at radius 2 is 1.94 bits per heavy atom. The maximum atomic E-state index is 13.4. The molecule has 2 amide bonds. The molecule has 7 nitrogen and oxygen atoms in total. The second-order valence-corrected chi connectivity index (χ2v) is 8.55. The molecule has 0 saturated carbocycles. The topological polar surface area (TPSA) is 101 Å². The number of benzene rings is 2. The molecule has 3 atom stereocenters. The summed E-state index contributed by atoms with van der Waals surface area (Å²) in [4.78, 5) is 38.4. The lowest BCUT2D eigenvalue weighted by Crippen LogP contribution is -2.97. The Kier molecular flexibility index (Phi) is 5.31. The molecule has 4 rings (SSSR count). The van der Waals surface area contributed by atoms with Crippen molar-refractivity contribution in [2.75, 3.05) is 17.2 Å². The molecule has 7 heteroatoms. The van der Waals surface area contributed by atoms with Crippen molar-refractivity contribution >= 4 is 29.2 Å². The van der Waals surface area contributed by atoms with E-state index in [4.69, 9.17) is 4.74 Å². The van der Waals surface area contributed by atoms with Crippen LogP contribution in [0, 0.1) is 19.8 Å². The van der Waals surface area contributed by atoms with Crippen LogP contribution in [0.1, 0.15) is 47.3 Å². The summed E-state index contributed by atoms with van der Waals surface area (Å²) >= 11 is 0. The molecule has 2 aliphatic rings. The van der Waals surface area contributed by atoms with E-state index in [9.17, 15) is 14.4 Å². The standard InChI is InChI=1S/C24H27N3O4/c1-5-31-22(29)16-6-8-17(9-7-16)25-21(28)19-12-15(4)27-24(19)18-11-13(2)10-14(3)20(18)26-23(24)30/h6-11,15,19,27H,5,12H2,1-4H3,(H,25,28)(H,26,30)/p+1/t15-,19+,24-/m0/s1. The van der Waals surface area contributed by atoms with Gasteiger partial charge in [-0.05, 0) is 63.6 Å². The predicted octanol–water partition coefficient (Wildman–Crippen LogP) is 2.24. The molecule has 1 saturated heterocycles. The van der Waals surface area contributed by atoms with Crippen molar-refractivity contribution in [2.24, 2.45) is 5.92 Å². The van der Waals surface area contributed by atoms with Gasteiger partial charge in [-0.1, -0.05) is 11.6 Å². The van der Waals surface area contributed by atoms with Gasteiger partial charge in [0.1, 0.15) is 5.92 Å². The van der Waals surface area contributed by atoms with Crippen LogP contribution in [0.2, 0.25) is 0 Å². The van der Waals surface area contributed by atoms with Gasteiger partial charge in [0.15, 0.2) is 0 Å². The summed E-state index contributed by atoms with van der Waals surface area (Å²) in [6.07, 6.45) is 0.590. The number of aryl methyl sites for hydroxylation is 2. The summed E-state index contributed by atoms with van der Waals surface area (Å²) in [5.41, 5.74) is 3.80. The maximum absolute atomic E-state index is 13.4. The number of carbonyl (C=O) groups is 3. The minimum Gasteiger partial charge on any atom is -0.462 e. The molecule has 1 spiro atoms. The maximum Gasteiger partial charge on any atom is 0.338 e. The monoisotopic (exact) mass is 422 g/mol. The van der Waals surface area contributed by atoms with E-state index in [0.29, 0.717) is 24.3 Å². The Hall–Kier alpha value is -3.19. The fraction of sp³-hybridized carbons (Fsp3) is 0.375. The summed E-state index contributed by atoms with van der Waals surface area (Å²) in [6, 6.07) is 10.8. The van der Waals surface area contributed by atoms with E-state index in [2.05, 4.69) is 10.6 Å². The van der Waals surface area contributed by atoms with Gasteiger partial charge >= 0.3 is 5.97 Å². The van der Waals surface area contributed by atoms with Crippen LogP contribution < -0.4 is 16.0 Å². The smallest absolute Gasteiger partial charge is 0.338 e. The molecule has 1 fully saturated rings. The van der Waals surface area contributed by atoms with Crippen LogP contribution in [0.25, 0.3) is 0 Å². The second-order valence-electron chi connectivity index (χ2n) is 8.55. The van der Waals surface area contributed by atoms with Gasteiger partial charge in [-0.2, -0.15) is 0 Å². The molecule has 2 heterocycles. The number of esters is 1. The van der Waals surface area contributed by atoms with E-state index in [1.807, 2.05) is 38.2 Å². The Balaban J connectivity index is 1.63. The van der Waals surface area contributed by atoms with Crippen molar-refractivity contribution in [3.05, 3.63) is 58.7 Å². The zero-order valence-corrected chi connectivity index (χ0v) is 18.2. The van der Waals surface area contributed by atoms with Crippen LogP contribution in [-0.2, 0) is 19.9 Å². The van der Waals surface area contributed by atoms with E-state index in [1.165, 1.54) is 0 Å². The number of anilines is 2. The van der Waals surface area contributed by atoms with Crippen molar-refractivity contribution in [3.63, 3.8) is 0 Å². The average molecular weight is 423 g/mol. The molecule has 0 bridgehead atoms. The van der Waals surface area contributed by atoms with Crippen LogP contribution in [-0.4, -0.2) is 30.4 Å². The molecule has 0 aliphatic carbocycles. The lowest BCUT2D eigenvalue weighted by Gasteiger charge is -2.26. The number of fused-ring (bicyclic) bond motifs is 2. The highest BCUT2D eigenvalue weighted by Gasteiger charge is 2.63. The van der Waals surface area contributed by atoms with E-state index < -0.39 is 17.4 Å². The van der Waals surface area contributed by atoms with E-state index in [0.717, 1.165) is 22.4 Å². The fourth-order valence-corrected chi connectivity index (χ4v) is 4.95. The summed E-state index contributed by atoms with van der Waals surface area (Å²) < 4.78 is 4.99. The van der Waals surface area contributed by atoms with Crippen LogP contribution in [0.5, 0.6) is 0 Å². The minimum absolute atomic E-state index is 0.124. The molecule has 162 valence electrons. The predicted molar refractivity (Wildman–Crippen MR) is 117 cm³/mol. The van der Waals surface area contributed by atoms with E-state index >= 15 is 0 Å². The Morgan fingerprint density at radius 1 is 1.23 bits per heavy atom. The van der Waals surface area contributed by atoms with Gasteiger partial charge in [0.05, 0.1) is 23.9 Å². The molecule has 0 radical (unpaired) electrons. The highest BCUT2D eigenvalue weighted by Crippen LogP contribution is 2.44. The van der Waals surface area contributed by atoms with Crippen LogP contribution in [0.3, 0.4) is 0 Å². The first-order valence-corrected chi connectivity index (χ1v) is 10.6. The molecule has 0 aromatic heterocycles. The number of amides is 2. The number of rotatable bonds is 4. The first-order valence-electron chi connectivity index (χ1n) is 10.6. The Bertz CT molecular complexity index is 1060. The third-order valence-electron chi connectivity index (χ3n) is 6.22. The highest BCUT2D eigenvalue weighted by atomic mass is 16.5. The molecule has 4 N–H and O–H groups in total. The molecular formula is C24H28N3O4+. The van der Waals surface area contributed by atoms with Gasteiger partial charge in [-0.25, -0.2) is 4.79 Å². The number of nitrogens with one attached hydrogen (secondary N) is 2. The molecule has 0 unspecified atom stereocenters. The van der Waals surface area contributed by atoms with Crippen molar-refractivity contribution < 1.29 is 24.4 Å². The number of quaternary nitrogens is 1. The van der Waals surface area contributed by atoms with Gasteiger partial charge < -0.3 is 20.7 Å². The quantitative estimate of drug-likeness (QED) is 0.658. The number of nitrogens with two attached hydrogens (primary N) is 1. The lowest BCUT2D eigenvalue weighted by atomic mass is 9.78. The summed E-state index contributed by atoms with van der Waals surface area (Å²) in [5.74, 6) is -1.26. The van der Waals surface area contributed by atoms with E-state index in [-0.39, 0.29) is 17.9 Å². The minimum atomic E-state index is -0.972. The SMILES string of the molecule is CCOC(=O)c1ccc(NC(=O)[C@H]2C[C@H](C)[NH2+][C@]23C(=O)Nc2c(C)cc(C)cc23)cc1. The summed E-state index contributed by atoms with van der Waals surface area (Å²) in [5, 5.41) is 8.00. The Labute approximate surface area is 181 Å². The van der Waals surface area contributed by atoms with Crippen LogP contribution >= 0.6 is 0 Å². The van der Waals surface area contributed by atoms with Gasteiger partial charge in [0.2, 0.25) is 11.4 Å². The third kappa shape index (κ3) is 3.49. The lowest BCUT2D eigenvalue weighted by molar-refractivity contribution is -0.729. The number of ether oxygens (including phenoxy) is 1. The van der Waals surface area contributed by atoms with Crippen molar-refractivity contribution in [3.8, 4) is 0 Å². The normalized spacial score (nSPS) is 24.1. The number of carbonyl (C=O) groups excluding carboxylic acids is 3. The van der Waals surface area contributed by atoms with Gasteiger partial charge in [-0.15, -0.1) is 0 Å². The second kappa shape index (κ2) is 7.81. The zero-order valence-electron chi connectivity index (χ0n) is 18.2. The number of hydrogen-bond acceptors (Lipinski definition) is 4. The van der Waals surface area contributed by atoms with Crippen molar-refractivity contribution in [1.82, 2.24) is 0 Å². The molecule has 2 aromatic rings. The first-order chi connectivity index (χ1) is 14.8. The van der Waals surface area contributed by atoms with Crippen molar-refractivity contribution in [2.45, 2.75) is 45.7 Å². The largest absolute Gasteiger partial charge is 0.462 e. The van der Waals surface area contributed by atoms with Gasteiger partial charge in [-0.3, -0.25) is 9.59 Å². The summed E-state index contributed by atoms with van der Waals surface area (Å²) in [7, 11) is 0. The van der Waals surface area contributed by atoms with Crippen molar-refractivity contribution in [1.29, 1.82) is 0 Å². The highest BCUT2D eigenvalue weighted by molar-refractivity contribution is 6.10. The Morgan fingerprint density at radius 3 is 2.61 bits per heavy atom. The van der Waals surface area contributed by atoms with Gasteiger partial charge in [0.25, 0.3) is 5.91 Å². The van der Waals surface area contributed by atoms with E-state index in [1.54, 1.807) is 31.2 Å². The van der Waals surface area contributed by atoms with Gasteiger partial charge in [0, 0.05) is 17.7 Å². The van der Waals surface area contributed by atoms with Crippen LogP contribution in [0.4, 0.5) is 11.4 Å². The molecule has 2 aromatic carbocycles. The summed E-state index contributed by atoms with van der Waals surface area (Å²) in [6.45, 7) is 8.07. The zero-order chi connectivity index (χ0) is 22.3. The number of hydrogen-bond donors (Lipinski definition) is 3. The van der Waals surface area contributed by atoms with Crippen LogP contribution in [0.15, 0.2) is 36.4 Å². The third-order valence-corrected chi connectivity index (χ3v) is 6.22. The molecular weight excluding hydrogens is 394 g/mol.